The number of rotatable bonds is 5. The van der Waals surface area contributed by atoms with Gasteiger partial charge in [0.15, 0.2) is 5.78 Å². The molecule has 1 aliphatic heterocycles. The van der Waals surface area contributed by atoms with Crippen LogP contribution in [0.3, 0.4) is 0 Å². The Balaban J connectivity index is 1.76. The van der Waals surface area contributed by atoms with Crippen LogP contribution in [0.5, 0.6) is 0 Å². The molecule has 0 aromatic carbocycles. The molecular formula is C20H19F6N3O3. The molecule has 12 heteroatoms. The van der Waals surface area contributed by atoms with E-state index < -0.39 is 47.3 Å². The Morgan fingerprint density at radius 1 is 1.19 bits per heavy atom. The number of nitrogens with one attached hydrogen (secondary N) is 1. The molecule has 2 unspecified atom stereocenters. The molecule has 0 spiro atoms. The maximum atomic E-state index is 13.0. The van der Waals surface area contributed by atoms with Gasteiger partial charge in [0.05, 0.1) is 24.8 Å². The van der Waals surface area contributed by atoms with Gasteiger partial charge in [-0.3, -0.25) is 19.5 Å². The summed E-state index contributed by atoms with van der Waals surface area (Å²) in [6.07, 6.45) is -5.73. The van der Waals surface area contributed by atoms with Gasteiger partial charge in [0.25, 0.3) is 5.91 Å². The highest BCUT2D eigenvalue weighted by atomic mass is 19.4. The zero-order valence-electron chi connectivity index (χ0n) is 16.5. The van der Waals surface area contributed by atoms with Gasteiger partial charge in [-0.1, -0.05) is 18.2 Å². The first-order chi connectivity index (χ1) is 15.0. The van der Waals surface area contributed by atoms with Gasteiger partial charge in [-0.05, 0) is 17.7 Å². The van der Waals surface area contributed by atoms with Crippen LogP contribution in [0.1, 0.15) is 17.3 Å². The Kier molecular flexibility index (Phi) is 7.03. The number of ether oxygens (including phenoxy) is 1. The standard InChI is InChI=1S/C20H19F6N3O3/c21-19(22,23)14-3-1-2-13(17(14)30)18(31)28-11-15(29-6-8-32-9-7-29)12-4-5-16(27-10-12)20(24,25)26/h1-5,10,14-15H,6-9,11H2,(H,28,31). The minimum Gasteiger partial charge on any atom is -0.379 e. The third-order valence-electron chi connectivity index (χ3n) is 5.12. The average molecular weight is 463 g/mol. The number of hydrogen-bond acceptors (Lipinski definition) is 5. The zero-order chi connectivity index (χ0) is 23.5. The van der Waals surface area contributed by atoms with E-state index in [4.69, 9.17) is 4.74 Å². The molecule has 1 fully saturated rings. The molecule has 2 atom stereocenters. The third kappa shape index (κ3) is 5.54. The summed E-state index contributed by atoms with van der Waals surface area (Å²) in [5, 5.41) is 2.43. The van der Waals surface area contributed by atoms with Crippen LogP contribution in [0.2, 0.25) is 0 Å². The molecule has 0 bridgehead atoms. The predicted octanol–water partition coefficient (Wildman–Crippen LogP) is 2.83. The SMILES string of the molecule is O=C(NCC(c1ccc(C(F)(F)F)nc1)N1CCOCC1)C1=CC=CC(C(F)(F)F)C1=O. The lowest BCUT2D eigenvalue weighted by Gasteiger charge is -2.35. The number of ketones is 1. The molecule has 1 N–H and O–H groups in total. The molecule has 3 rings (SSSR count). The highest BCUT2D eigenvalue weighted by Crippen LogP contribution is 2.32. The van der Waals surface area contributed by atoms with Crippen molar-refractivity contribution in [3.05, 3.63) is 53.4 Å². The lowest BCUT2D eigenvalue weighted by molar-refractivity contribution is -0.169. The number of Topliss-reactive ketones (excluding diaryl/α,β-unsaturated/α-hetero) is 1. The van der Waals surface area contributed by atoms with Gasteiger partial charge < -0.3 is 10.1 Å². The van der Waals surface area contributed by atoms with Crippen molar-refractivity contribution in [1.29, 1.82) is 0 Å². The second kappa shape index (κ2) is 9.41. The van der Waals surface area contributed by atoms with Crippen LogP contribution < -0.4 is 5.32 Å². The van der Waals surface area contributed by atoms with Gasteiger partial charge in [0.1, 0.15) is 11.6 Å². The van der Waals surface area contributed by atoms with Crippen molar-refractivity contribution in [2.75, 3.05) is 32.8 Å². The molecule has 0 saturated carbocycles. The Hall–Kier alpha value is -2.73. The number of amides is 1. The number of allylic oxidation sites excluding steroid dienone is 3. The van der Waals surface area contributed by atoms with Gasteiger partial charge in [-0.2, -0.15) is 26.3 Å². The second-order valence-corrected chi connectivity index (χ2v) is 7.20. The van der Waals surface area contributed by atoms with Gasteiger partial charge in [0.2, 0.25) is 0 Å². The van der Waals surface area contributed by atoms with Crippen molar-refractivity contribution in [2.24, 2.45) is 5.92 Å². The molecule has 1 saturated heterocycles. The molecule has 174 valence electrons. The van der Waals surface area contributed by atoms with E-state index in [0.29, 0.717) is 37.9 Å². The molecule has 2 aliphatic rings. The predicted molar refractivity (Wildman–Crippen MR) is 99.2 cm³/mol. The van der Waals surface area contributed by atoms with Gasteiger partial charge >= 0.3 is 12.4 Å². The highest BCUT2D eigenvalue weighted by Gasteiger charge is 2.46. The van der Waals surface area contributed by atoms with Crippen LogP contribution in [-0.2, 0) is 20.5 Å². The van der Waals surface area contributed by atoms with Crippen LogP contribution in [-0.4, -0.2) is 60.6 Å². The molecule has 1 aromatic heterocycles. The Bertz CT molecular complexity index is 903. The van der Waals surface area contributed by atoms with E-state index in [9.17, 15) is 35.9 Å². The lowest BCUT2D eigenvalue weighted by Crippen LogP contribution is -2.45. The largest absolute Gasteiger partial charge is 0.433 e. The Morgan fingerprint density at radius 3 is 2.44 bits per heavy atom. The monoisotopic (exact) mass is 463 g/mol. The minimum atomic E-state index is -4.82. The van der Waals surface area contributed by atoms with Crippen LogP contribution in [0.25, 0.3) is 0 Å². The summed E-state index contributed by atoms with van der Waals surface area (Å²) in [5.74, 6) is -4.76. The molecule has 6 nitrogen and oxygen atoms in total. The number of hydrogen-bond donors (Lipinski definition) is 1. The minimum absolute atomic E-state index is 0.156. The normalized spacial score (nSPS) is 21.2. The zero-order valence-corrected chi connectivity index (χ0v) is 16.5. The molecule has 1 aliphatic carbocycles. The van der Waals surface area contributed by atoms with E-state index in [1.54, 1.807) is 0 Å². The van der Waals surface area contributed by atoms with E-state index in [1.807, 2.05) is 4.90 Å². The number of morpholine rings is 1. The van der Waals surface area contributed by atoms with Crippen LogP contribution in [0.15, 0.2) is 42.1 Å². The number of aromatic nitrogens is 1. The summed E-state index contributed by atoms with van der Waals surface area (Å²) in [6.45, 7) is 1.40. The maximum Gasteiger partial charge on any atom is 0.433 e. The van der Waals surface area contributed by atoms with Crippen LogP contribution in [0.4, 0.5) is 26.3 Å². The molecule has 1 aromatic rings. The summed E-state index contributed by atoms with van der Waals surface area (Å²) in [6, 6.07) is 1.43. The summed E-state index contributed by atoms with van der Waals surface area (Å²) < 4.78 is 82.7. The first-order valence-electron chi connectivity index (χ1n) is 9.61. The van der Waals surface area contributed by atoms with E-state index >= 15 is 0 Å². The van der Waals surface area contributed by atoms with Crippen LogP contribution >= 0.6 is 0 Å². The topological polar surface area (TPSA) is 71.5 Å². The van der Waals surface area contributed by atoms with Crippen molar-refractivity contribution in [1.82, 2.24) is 15.2 Å². The summed E-state index contributed by atoms with van der Waals surface area (Å²) >= 11 is 0. The molecule has 2 heterocycles. The number of pyridine rings is 1. The first-order valence-corrected chi connectivity index (χ1v) is 9.61. The number of carbonyl (C=O) groups excluding carboxylic acids is 2. The maximum absolute atomic E-state index is 13.0. The van der Waals surface area contributed by atoms with Crippen molar-refractivity contribution in [2.45, 2.75) is 18.4 Å². The number of halogens is 6. The average Bonchev–Trinajstić information content (AvgIpc) is 2.73. The van der Waals surface area contributed by atoms with Gasteiger partial charge in [-0.15, -0.1) is 0 Å². The number of carbonyl (C=O) groups is 2. The summed E-state index contributed by atoms with van der Waals surface area (Å²) in [4.78, 5) is 29.9. The Labute approximate surface area is 178 Å². The Morgan fingerprint density at radius 2 is 1.88 bits per heavy atom. The van der Waals surface area contributed by atoms with E-state index in [1.165, 1.54) is 6.07 Å². The quantitative estimate of drug-likeness (QED) is 0.537. The number of alkyl halides is 6. The van der Waals surface area contributed by atoms with Gasteiger partial charge in [-0.25, -0.2) is 0 Å². The number of nitrogens with zero attached hydrogens (tertiary/aromatic N) is 2. The van der Waals surface area contributed by atoms with Crippen molar-refractivity contribution in [3.63, 3.8) is 0 Å². The molecule has 0 radical (unpaired) electrons. The van der Waals surface area contributed by atoms with E-state index in [2.05, 4.69) is 10.3 Å². The highest BCUT2D eigenvalue weighted by molar-refractivity contribution is 6.21. The van der Waals surface area contributed by atoms with Gasteiger partial charge in [0, 0.05) is 25.8 Å². The van der Waals surface area contributed by atoms with Crippen molar-refractivity contribution < 1.29 is 40.7 Å². The molecule has 32 heavy (non-hydrogen) atoms. The molecular weight excluding hydrogens is 444 g/mol. The smallest absolute Gasteiger partial charge is 0.379 e. The fourth-order valence-corrected chi connectivity index (χ4v) is 3.45. The fraction of sp³-hybridized carbons (Fsp3) is 0.450. The second-order valence-electron chi connectivity index (χ2n) is 7.20. The summed E-state index contributed by atoms with van der Waals surface area (Å²) in [5.41, 5.74) is -1.34. The lowest BCUT2D eigenvalue weighted by atomic mass is 9.91. The van der Waals surface area contributed by atoms with Crippen molar-refractivity contribution in [3.8, 4) is 0 Å². The summed E-state index contributed by atoms with van der Waals surface area (Å²) in [7, 11) is 0. The van der Waals surface area contributed by atoms with E-state index in [-0.39, 0.29) is 6.54 Å². The molecule has 1 amide bonds. The third-order valence-corrected chi connectivity index (χ3v) is 5.12. The first kappa shape index (κ1) is 23.9. The van der Waals surface area contributed by atoms with E-state index in [0.717, 1.165) is 24.4 Å². The fourth-order valence-electron chi connectivity index (χ4n) is 3.45. The van der Waals surface area contributed by atoms with Crippen LogP contribution in [0, 0.1) is 5.92 Å². The van der Waals surface area contributed by atoms with Crippen molar-refractivity contribution >= 4 is 11.7 Å².